The maximum absolute atomic E-state index is 4.17. The summed E-state index contributed by atoms with van der Waals surface area (Å²) in [5, 5.41) is 14.0. The fraction of sp³-hybridized carbons (Fsp3) is 0.429. The molecule has 0 bridgehead atoms. The molecule has 1 atom stereocenters. The van der Waals surface area contributed by atoms with E-state index in [1.54, 1.807) is 6.20 Å². The van der Waals surface area contributed by atoms with Gasteiger partial charge in [-0.2, -0.15) is 15.4 Å². The molecule has 1 fully saturated rings. The molecule has 1 saturated carbocycles. The highest BCUT2D eigenvalue weighted by Crippen LogP contribution is 2.37. The van der Waals surface area contributed by atoms with E-state index in [-0.39, 0.29) is 6.04 Å². The molecule has 0 aliphatic heterocycles. The first-order chi connectivity index (χ1) is 8.88. The van der Waals surface area contributed by atoms with Crippen molar-refractivity contribution < 1.29 is 0 Å². The van der Waals surface area contributed by atoms with Crippen molar-refractivity contribution in [3.05, 3.63) is 47.3 Å². The highest BCUT2D eigenvalue weighted by atomic mass is 15.3. The molecule has 94 valence electrons. The first kappa shape index (κ1) is 11.4. The van der Waals surface area contributed by atoms with Crippen LogP contribution in [0.15, 0.2) is 30.5 Å². The van der Waals surface area contributed by atoms with Crippen molar-refractivity contribution in [3.63, 3.8) is 0 Å². The smallest absolute Gasteiger partial charge is 0.104 e. The monoisotopic (exact) mass is 242 g/mol. The number of H-pyrrole nitrogens is 1. The lowest BCUT2D eigenvalue weighted by atomic mass is 9.79. The third-order valence-electron chi connectivity index (χ3n) is 3.84. The molecule has 0 spiro atoms. The third-order valence-corrected chi connectivity index (χ3v) is 3.84. The molecule has 1 aliphatic carbocycles. The van der Waals surface area contributed by atoms with E-state index in [1.165, 1.54) is 30.4 Å². The molecule has 2 aromatic rings. The molecule has 18 heavy (non-hydrogen) atoms. The van der Waals surface area contributed by atoms with Crippen molar-refractivity contribution in [3.8, 4) is 0 Å². The topological polar surface area (TPSA) is 53.6 Å². The Bertz CT molecular complexity index is 502. The van der Waals surface area contributed by atoms with Gasteiger partial charge in [0.15, 0.2) is 0 Å². The van der Waals surface area contributed by atoms with Crippen LogP contribution in [0.25, 0.3) is 0 Å². The summed E-state index contributed by atoms with van der Waals surface area (Å²) in [6.45, 7) is 0. The van der Waals surface area contributed by atoms with Crippen molar-refractivity contribution in [1.29, 1.82) is 0 Å². The van der Waals surface area contributed by atoms with Gasteiger partial charge in [-0.25, -0.2) is 0 Å². The first-order valence-corrected chi connectivity index (χ1v) is 6.51. The van der Waals surface area contributed by atoms with Gasteiger partial charge in [-0.1, -0.05) is 30.7 Å². The fourth-order valence-corrected chi connectivity index (χ4v) is 2.57. The Balaban J connectivity index is 1.90. The summed E-state index contributed by atoms with van der Waals surface area (Å²) in [7, 11) is 1.95. The SMILES string of the molecule is CNC(c1cccc(C2CCC2)c1)c1cn[nH]n1. The summed E-state index contributed by atoms with van der Waals surface area (Å²) < 4.78 is 0. The van der Waals surface area contributed by atoms with Crippen LogP contribution in [0.1, 0.15) is 48.0 Å². The van der Waals surface area contributed by atoms with Gasteiger partial charge in [-0.05, 0) is 36.9 Å². The minimum absolute atomic E-state index is 0.115. The predicted molar refractivity (Wildman–Crippen MR) is 70.3 cm³/mol. The lowest BCUT2D eigenvalue weighted by molar-refractivity contribution is 0.419. The molecule has 0 radical (unpaired) electrons. The number of nitrogens with zero attached hydrogens (tertiary/aromatic N) is 2. The number of hydrogen-bond acceptors (Lipinski definition) is 3. The summed E-state index contributed by atoms with van der Waals surface area (Å²) in [6, 6.07) is 8.96. The summed E-state index contributed by atoms with van der Waals surface area (Å²) in [6.07, 6.45) is 5.81. The minimum atomic E-state index is 0.115. The van der Waals surface area contributed by atoms with Gasteiger partial charge in [0.25, 0.3) is 0 Å². The van der Waals surface area contributed by atoms with E-state index in [0.29, 0.717) is 0 Å². The summed E-state index contributed by atoms with van der Waals surface area (Å²) >= 11 is 0. The summed E-state index contributed by atoms with van der Waals surface area (Å²) in [5.41, 5.74) is 3.65. The van der Waals surface area contributed by atoms with E-state index in [0.717, 1.165) is 11.6 Å². The van der Waals surface area contributed by atoms with Gasteiger partial charge < -0.3 is 5.32 Å². The number of hydrogen-bond donors (Lipinski definition) is 2. The average Bonchev–Trinajstić information content (AvgIpc) is 2.82. The van der Waals surface area contributed by atoms with Crippen LogP contribution in [0.4, 0.5) is 0 Å². The van der Waals surface area contributed by atoms with E-state index >= 15 is 0 Å². The highest BCUT2D eigenvalue weighted by molar-refractivity contribution is 5.33. The third kappa shape index (κ3) is 2.04. The van der Waals surface area contributed by atoms with Crippen molar-refractivity contribution >= 4 is 0 Å². The van der Waals surface area contributed by atoms with Crippen LogP contribution in [-0.2, 0) is 0 Å². The van der Waals surface area contributed by atoms with Crippen molar-refractivity contribution in [2.45, 2.75) is 31.2 Å². The van der Waals surface area contributed by atoms with Crippen molar-refractivity contribution in [2.24, 2.45) is 0 Å². The molecule has 0 saturated heterocycles. The van der Waals surface area contributed by atoms with Gasteiger partial charge in [-0.15, -0.1) is 0 Å². The average molecular weight is 242 g/mol. The van der Waals surface area contributed by atoms with E-state index < -0.39 is 0 Å². The minimum Gasteiger partial charge on any atom is -0.308 e. The Morgan fingerprint density at radius 3 is 2.89 bits per heavy atom. The normalized spacial score (nSPS) is 17.4. The zero-order valence-electron chi connectivity index (χ0n) is 10.6. The lowest BCUT2D eigenvalue weighted by Gasteiger charge is -2.26. The van der Waals surface area contributed by atoms with E-state index in [4.69, 9.17) is 0 Å². The summed E-state index contributed by atoms with van der Waals surface area (Å²) in [4.78, 5) is 0. The van der Waals surface area contributed by atoms with Gasteiger partial charge >= 0.3 is 0 Å². The molecule has 3 rings (SSSR count). The van der Waals surface area contributed by atoms with Crippen LogP contribution in [0, 0.1) is 0 Å². The zero-order valence-corrected chi connectivity index (χ0v) is 10.6. The standard InChI is InChI=1S/C14H18N4/c1-15-14(13-9-16-18-17-13)12-7-3-6-11(8-12)10-4-2-5-10/h3,6-10,14-15H,2,4-5H2,1H3,(H,16,17,18). The Morgan fingerprint density at radius 1 is 1.39 bits per heavy atom. The molecular formula is C14H18N4. The van der Waals surface area contributed by atoms with E-state index in [9.17, 15) is 0 Å². The van der Waals surface area contributed by atoms with Gasteiger partial charge in [-0.3, -0.25) is 0 Å². The maximum atomic E-state index is 4.17. The number of aromatic nitrogens is 3. The quantitative estimate of drug-likeness (QED) is 0.865. The Hall–Kier alpha value is -1.68. The molecule has 4 nitrogen and oxygen atoms in total. The fourth-order valence-electron chi connectivity index (χ4n) is 2.57. The molecule has 1 unspecified atom stereocenters. The first-order valence-electron chi connectivity index (χ1n) is 6.51. The molecule has 1 heterocycles. The van der Waals surface area contributed by atoms with E-state index in [1.807, 2.05) is 7.05 Å². The Morgan fingerprint density at radius 2 is 2.28 bits per heavy atom. The van der Waals surface area contributed by atoms with Crippen LogP contribution >= 0.6 is 0 Å². The lowest BCUT2D eigenvalue weighted by Crippen LogP contribution is -2.19. The van der Waals surface area contributed by atoms with Crippen molar-refractivity contribution in [2.75, 3.05) is 7.05 Å². The second-order valence-electron chi connectivity index (χ2n) is 4.91. The number of nitrogens with one attached hydrogen (secondary N) is 2. The summed E-state index contributed by atoms with van der Waals surface area (Å²) in [5.74, 6) is 0.764. The van der Waals surface area contributed by atoms with Crippen LogP contribution in [0.5, 0.6) is 0 Å². The number of aromatic amines is 1. The zero-order chi connectivity index (χ0) is 12.4. The maximum Gasteiger partial charge on any atom is 0.104 e. The molecule has 1 aromatic heterocycles. The highest BCUT2D eigenvalue weighted by Gasteiger charge is 2.21. The molecule has 4 heteroatoms. The van der Waals surface area contributed by atoms with Gasteiger partial charge in [0.05, 0.1) is 12.2 Å². The number of rotatable bonds is 4. The van der Waals surface area contributed by atoms with Crippen LogP contribution in [0.2, 0.25) is 0 Å². The molecular weight excluding hydrogens is 224 g/mol. The molecule has 1 aliphatic rings. The van der Waals surface area contributed by atoms with Crippen LogP contribution in [-0.4, -0.2) is 22.5 Å². The van der Waals surface area contributed by atoms with Gasteiger partial charge in [0.1, 0.15) is 5.69 Å². The Labute approximate surface area is 107 Å². The van der Waals surface area contributed by atoms with Gasteiger partial charge in [0.2, 0.25) is 0 Å². The van der Waals surface area contributed by atoms with E-state index in [2.05, 4.69) is 45.0 Å². The second-order valence-corrected chi connectivity index (χ2v) is 4.91. The molecule has 1 aromatic carbocycles. The van der Waals surface area contributed by atoms with Crippen molar-refractivity contribution in [1.82, 2.24) is 20.7 Å². The second kappa shape index (κ2) is 4.90. The van der Waals surface area contributed by atoms with Gasteiger partial charge in [0, 0.05) is 0 Å². The molecule has 0 amide bonds. The van der Waals surface area contributed by atoms with Crippen LogP contribution < -0.4 is 5.32 Å². The van der Waals surface area contributed by atoms with Crippen LogP contribution in [0.3, 0.4) is 0 Å². The molecule has 2 N–H and O–H groups in total. The Kier molecular flexibility index (Phi) is 3.11. The predicted octanol–water partition coefficient (Wildman–Crippen LogP) is 2.38. The largest absolute Gasteiger partial charge is 0.308 e. The number of benzene rings is 1.